The van der Waals surface area contributed by atoms with Gasteiger partial charge in [-0.25, -0.2) is 0 Å². The molecule has 6 heteroatoms. The molecule has 0 saturated heterocycles. The van der Waals surface area contributed by atoms with Gasteiger partial charge >= 0.3 is 0 Å². The summed E-state index contributed by atoms with van der Waals surface area (Å²) < 4.78 is 0. The number of nitrogens with one attached hydrogen (secondary N) is 1. The molecule has 0 aliphatic heterocycles. The molecule has 0 aromatic heterocycles. The molecule has 2 fully saturated rings. The average molecular weight is 257 g/mol. The molecule has 2 unspecified atom stereocenters. The largest absolute Gasteiger partial charge is 0.409 e. The van der Waals surface area contributed by atoms with E-state index < -0.39 is 5.41 Å². The third kappa shape index (κ3) is 2.22. The smallest absolute Gasteiger partial charge is 0.234 e. The highest BCUT2D eigenvalue weighted by Crippen LogP contribution is 2.46. The van der Waals surface area contributed by atoms with Crippen molar-refractivity contribution >= 4 is 23.5 Å². The molecule has 96 valence electrons. The summed E-state index contributed by atoms with van der Waals surface area (Å²) in [7, 11) is 0. The predicted octanol–water partition coefficient (Wildman–Crippen LogP) is 0.913. The van der Waals surface area contributed by atoms with E-state index in [1.165, 1.54) is 0 Å². The van der Waals surface area contributed by atoms with Crippen molar-refractivity contribution in [2.24, 2.45) is 16.3 Å². The number of carbonyl (C=O) groups is 1. The Morgan fingerprint density at radius 2 is 2.24 bits per heavy atom. The fourth-order valence-electron chi connectivity index (χ4n) is 2.50. The number of amidine groups is 1. The van der Waals surface area contributed by atoms with Crippen molar-refractivity contribution in [3.05, 3.63) is 0 Å². The number of oxime groups is 1. The van der Waals surface area contributed by atoms with Gasteiger partial charge in [-0.05, 0) is 31.9 Å². The normalized spacial score (nSPS) is 31.2. The molecule has 0 radical (unpaired) electrons. The first kappa shape index (κ1) is 12.5. The Bertz CT molecular complexity index is 342. The van der Waals surface area contributed by atoms with Crippen LogP contribution in [0.5, 0.6) is 0 Å². The van der Waals surface area contributed by atoms with Gasteiger partial charge in [-0.2, -0.15) is 11.8 Å². The Morgan fingerprint density at radius 3 is 2.76 bits per heavy atom. The van der Waals surface area contributed by atoms with Gasteiger partial charge in [-0.1, -0.05) is 11.6 Å². The summed E-state index contributed by atoms with van der Waals surface area (Å²) >= 11 is 1.80. The van der Waals surface area contributed by atoms with Gasteiger partial charge in [0, 0.05) is 11.3 Å². The van der Waals surface area contributed by atoms with Crippen LogP contribution in [0.15, 0.2) is 5.16 Å². The van der Waals surface area contributed by atoms with E-state index in [1.807, 2.05) is 0 Å². The van der Waals surface area contributed by atoms with E-state index in [9.17, 15) is 4.79 Å². The highest BCUT2D eigenvalue weighted by molar-refractivity contribution is 7.99. The van der Waals surface area contributed by atoms with Gasteiger partial charge in [-0.15, -0.1) is 0 Å². The maximum Gasteiger partial charge on any atom is 0.234 e. The molecule has 0 aromatic carbocycles. The van der Waals surface area contributed by atoms with Crippen molar-refractivity contribution in [3.8, 4) is 0 Å². The minimum atomic E-state index is -0.722. The topological polar surface area (TPSA) is 87.7 Å². The van der Waals surface area contributed by atoms with Crippen LogP contribution in [-0.4, -0.2) is 34.5 Å². The quantitative estimate of drug-likeness (QED) is 0.302. The van der Waals surface area contributed by atoms with Gasteiger partial charge in [0.2, 0.25) is 5.91 Å². The van der Waals surface area contributed by atoms with Gasteiger partial charge in [0.05, 0.1) is 0 Å². The fourth-order valence-corrected chi connectivity index (χ4v) is 3.44. The van der Waals surface area contributed by atoms with E-state index in [-0.39, 0.29) is 17.8 Å². The first-order valence-corrected chi connectivity index (χ1v) is 7.24. The number of hydrogen-bond acceptors (Lipinski definition) is 4. The molecule has 0 aromatic rings. The maximum absolute atomic E-state index is 12.2. The summed E-state index contributed by atoms with van der Waals surface area (Å²) in [6.07, 6.45) is 6.79. The van der Waals surface area contributed by atoms with Crippen LogP contribution in [0.1, 0.15) is 32.1 Å². The van der Waals surface area contributed by atoms with E-state index >= 15 is 0 Å². The lowest BCUT2D eigenvalue weighted by atomic mass is 10.0. The lowest BCUT2D eigenvalue weighted by Crippen LogP contribution is -2.46. The second-order valence-electron chi connectivity index (χ2n) is 4.85. The molecule has 5 nitrogen and oxygen atoms in total. The van der Waals surface area contributed by atoms with Crippen molar-refractivity contribution in [2.45, 2.75) is 43.4 Å². The molecular weight excluding hydrogens is 238 g/mol. The number of thioether (sulfide) groups is 1. The Balaban J connectivity index is 1.98. The molecule has 0 spiro atoms. The van der Waals surface area contributed by atoms with Gasteiger partial charge in [0.15, 0.2) is 5.84 Å². The second kappa shape index (κ2) is 4.76. The maximum atomic E-state index is 12.2. The number of rotatable bonds is 4. The average Bonchev–Trinajstić information content (AvgIpc) is 3.04. The van der Waals surface area contributed by atoms with Crippen LogP contribution in [0.4, 0.5) is 0 Å². The van der Waals surface area contributed by atoms with E-state index in [2.05, 4.69) is 16.7 Å². The Hall–Kier alpha value is -0.910. The Morgan fingerprint density at radius 1 is 1.53 bits per heavy atom. The first-order valence-electron chi connectivity index (χ1n) is 5.96. The zero-order valence-electron chi connectivity index (χ0n) is 9.98. The number of nitrogens with zero attached hydrogens (tertiary/aromatic N) is 1. The van der Waals surface area contributed by atoms with E-state index in [4.69, 9.17) is 10.9 Å². The van der Waals surface area contributed by atoms with E-state index in [0.717, 1.165) is 19.3 Å². The van der Waals surface area contributed by atoms with E-state index in [1.54, 1.807) is 11.8 Å². The second-order valence-corrected chi connectivity index (χ2v) is 5.93. The molecule has 2 aliphatic carbocycles. The number of hydrogen-bond donors (Lipinski definition) is 3. The van der Waals surface area contributed by atoms with Crippen LogP contribution in [0.25, 0.3) is 0 Å². The van der Waals surface area contributed by atoms with Crippen molar-refractivity contribution in [2.75, 3.05) is 6.26 Å². The summed E-state index contributed by atoms with van der Waals surface area (Å²) in [6, 6.07) is 0.237. The molecule has 2 atom stereocenters. The molecule has 1 amide bonds. The molecule has 0 bridgehead atoms. The van der Waals surface area contributed by atoms with Crippen LogP contribution in [0, 0.1) is 5.41 Å². The fraction of sp³-hybridized carbons (Fsp3) is 0.818. The monoisotopic (exact) mass is 257 g/mol. The first-order chi connectivity index (χ1) is 8.14. The Kier molecular flexibility index (Phi) is 3.51. The zero-order chi connectivity index (χ0) is 12.5. The van der Waals surface area contributed by atoms with Crippen molar-refractivity contribution in [1.29, 1.82) is 0 Å². The van der Waals surface area contributed by atoms with Crippen LogP contribution in [0.2, 0.25) is 0 Å². The Labute approximate surface area is 105 Å². The summed E-state index contributed by atoms with van der Waals surface area (Å²) in [5.41, 5.74) is 4.87. The predicted molar refractivity (Wildman–Crippen MR) is 68.2 cm³/mol. The molecule has 2 rings (SSSR count). The third-order valence-electron chi connectivity index (χ3n) is 3.85. The number of carbonyl (C=O) groups excluding carboxylic acids is 1. The number of amides is 1. The van der Waals surface area contributed by atoms with Crippen LogP contribution in [-0.2, 0) is 4.79 Å². The van der Waals surface area contributed by atoms with Gasteiger partial charge in [0.25, 0.3) is 0 Å². The van der Waals surface area contributed by atoms with Gasteiger partial charge in [-0.3, -0.25) is 4.79 Å². The number of nitrogens with two attached hydrogens (primary N) is 1. The molecule has 4 N–H and O–H groups in total. The standard InChI is InChI=1S/C11H19N3O2S/c1-17-8-4-2-3-7(8)13-10(15)11(5-6-11)9(12)14-16/h7-8,16H,2-6H2,1H3,(H2,12,14)(H,13,15). The molecule has 17 heavy (non-hydrogen) atoms. The van der Waals surface area contributed by atoms with Crippen molar-refractivity contribution < 1.29 is 10.0 Å². The molecular formula is C11H19N3O2S. The molecule has 2 saturated carbocycles. The van der Waals surface area contributed by atoms with Crippen LogP contribution >= 0.6 is 11.8 Å². The van der Waals surface area contributed by atoms with Crippen molar-refractivity contribution in [1.82, 2.24) is 5.32 Å². The summed E-state index contributed by atoms with van der Waals surface area (Å²) in [4.78, 5) is 12.2. The van der Waals surface area contributed by atoms with E-state index in [0.29, 0.717) is 18.1 Å². The lowest BCUT2D eigenvalue weighted by Gasteiger charge is -2.22. The third-order valence-corrected chi connectivity index (χ3v) is 5.02. The van der Waals surface area contributed by atoms with Crippen LogP contribution in [0.3, 0.4) is 0 Å². The summed E-state index contributed by atoms with van der Waals surface area (Å²) in [6.45, 7) is 0. The van der Waals surface area contributed by atoms with Crippen molar-refractivity contribution in [3.63, 3.8) is 0 Å². The van der Waals surface area contributed by atoms with Crippen LogP contribution < -0.4 is 11.1 Å². The van der Waals surface area contributed by atoms with Gasteiger partial charge in [0.1, 0.15) is 5.41 Å². The lowest BCUT2D eigenvalue weighted by molar-refractivity contribution is -0.124. The zero-order valence-corrected chi connectivity index (χ0v) is 10.8. The summed E-state index contributed by atoms with van der Waals surface area (Å²) in [5, 5.41) is 15.3. The van der Waals surface area contributed by atoms with Gasteiger partial charge < -0.3 is 16.3 Å². The SMILES string of the molecule is CSC1CCCC1NC(=O)C1(C(N)=NO)CC1. The minimum absolute atomic E-state index is 0.0497. The highest BCUT2D eigenvalue weighted by Gasteiger charge is 2.54. The molecule has 2 aliphatic rings. The molecule has 0 heterocycles. The summed E-state index contributed by atoms with van der Waals surface area (Å²) in [5.74, 6) is -0.0209. The minimum Gasteiger partial charge on any atom is -0.409 e. The highest BCUT2D eigenvalue weighted by atomic mass is 32.2.